The third kappa shape index (κ3) is 2.99. The van der Waals surface area contributed by atoms with Crippen molar-refractivity contribution in [1.29, 1.82) is 0 Å². The van der Waals surface area contributed by atoms with Gasteiger partial charge in [-0.15, -0.1) is 0 Å². The van der Waals surface area contributed by atoms with Gasteiger partial charge in [-0.25, -0.2) is 0 Å². The zero-order valence-corrected chi connectivity index (χ0v) is 10.6. The van der Waals surface area contributed by atoms with Gasteiger partial charge in [-0.2, -0.15) is 0 Å². The van der Waals surface area contributed by atoms with Crippen LogP contribution in [0.25, 0.3) is 0 Å². The van der Waals surface area contributed by atoms with E-state index in [-0.39, 0.29) is 12.1 Å². The number of ether oxygens (including phenoxy) is 2. The van der Waals surface area contributed by atoms with Gasteiger partial charge in [0.2, 0.25) is 0 Å². The number of rotatable bonds is 6. The smallest absolute Gasteiger partial charge is 0.123 e. The Morgan fingerprint density at radius 2 is 2.24 bits per heavy atom. The molecular weight excluding hydrogens is 214 g/mol. The van der Waals surface area contributed by atoms with E-state index in [2.05, 4.69) is 24.4 Å². The fourth-order valence-electron chi connectivity index (χ4n) is 2.24. The molecule has 17 heavy (non-hydrogen) atoms. The predicted octanol–water partition coefficient (Wildman–Crippen LogP) is 2.00. The van der Waals surface area contributed by atoms with Crippen molar-refractivity contribution in [2.24, 2.45) is 0 Å². The standard InChI is InChI=1S/C14H21NO2/c1-3-15-12(10-16-4-2)14-9-11-7-5-6-8-13(11)17-14/h5-8,12,14-15H,3-4,9-10H2,1-2H3. The fraction of sp³-hybridized carbons (Fsp3) is 0.571. The molecule has 0 saturated heterocycles. The van der Waals surface area contributed by atoms with Gasteiger partial charge in [0.15, 0.2) is 0 Å². The molecule has 0 aromatic heterocycles. The van der Waals surface area contributed by atoms with Gasteiger partial charge in [-0.1, -0.05) is 25.1 Å². The average Bonchev–Trinajstić information content (AvgIpc) is 2.78. The van der Waals surface area contributed by atoms with Crippen molar-refractivity contribution in [2.45, 2.75) is 32.4 Å². The number of fused-ring (bicyclic) bond motifs is 1. The summed E-state index contributed by atoms with van der Waals surface area (Å²) in [7, 11) is 0. The molecule has 0 fully saturated rings. The molecule has 0 radical (unpaired) electrons. The summed E-state index contributed by atoms with van der Waals surface area (Å²) >= 11 is 0. The van der Waals surface area contributed by atoms with E-state index in [1.165, 1.54) is 5.56 Å². The van der Waals surface area contributed by atoms with Crippen molar-refractivity contribution < 1.29 is 9.47 Å². The van der Waals surface area contributed by atoms with Crippen molar-refractivity contribution in [1.82, 2.24) is 5.32 Å². The minimum Gasteiger partial charge on any atom is -0.488 e. The van der Waals surface area contributed by atoms with Crippen molar-refractivity contribution >= 4 is 0 Å². The van der Waals surface area contributed by atoms with Crippen LogP contribution in [0.5, 0.6) is 5.75 Å². The first kappa shape index (κ1) is 12.4. The normalized spacial score (nSPS) is 19.8. The molecule has 1 aromatic carbocycles. The van der Waals surface area contributed by atoms with E-state index in [9.17, 15) is 0 Å². The highest BCUT2D eigenvalue weighted by atomic mass is 16.5. The van der Waals surface area contributed by atoms with Gasteiger partial charge in [0, 0.05) is 13.0 Å². The SMILES string of the molecule is CCNC(COCC)C1Cc2ccccc2O1. The molecule has 1 heterocycles. The number of hydrogen-bond donors (Lipinski definition) is 1. The highest BCUT2D eigenvalue weighted by Crippen LogP contribution is 2.29. The number of para-hydroxylation sites is 1. The van der Waals surface area contributed by atoms with E-state index in [1.807, 2.05) is 19.1 Å². The number of hydrogen-bond acceptors (Lipinski definition) is 3. The van der Waals surface area contributed by atoms with Crippen LogP contribution in [-0.2, 0) is 11.2 Å². The molecule has 2 atom stereocenters. The van der Waals surface area contributed by atoms with E-state index in [1.54, 1.807) is 0 Å². The molecule has 94 valence electrons. The molecule has 0 aliphatic carbocycles. The molecule has 0 bridgehead atoms. The topological polar surface area (TPSA) is 30.5 Å². The summed E-state index contributed by atoms with van der Waals surface area (Å²) in [5.41, 5.74) is 1.30. The second-order valence-corrected chi connectivity index (χ2v) is 4.29. The Balaban J connectivity index is 1.98. The molecule has 3 nitrogen and oxygen atoms in total. The van der Waals surface area contributed by atoms with Gasteiger partial charge in [0.25, 0.3) is 0 Å². The lowest BCUT2D eigenvalue weighted by atomic mass is 10.1. The summed E-state index contributed by atoms with van der Waals surface area (Å²) in [6, 6.07) is 8.53. The van der Waals surface area contributed by atoms with Crippen LogP contribution >= 0.6 is 0 Å². The van der Waals surface area contributed by atoms with Gasteiger partial charge < -0.3 is 14.8 Å². The van der Waals surface area contributed by atoms with E-state index < -0.39 is 0 Å². The van der Waals surface area contributed by atoms with Gasteiger partial charge >= 0.3 is 0 Å². The average molecular weight is 235 g/mol. The Hall–Kier alpha value is -1.06. The summed E-state index contributed by atoms with van der Waals surface area (Å²) in [5, 5.41) is 3.44. The van der Waals surface area contributed by atoms with Crippen molar-refractivity contribution in [3.63, 3.8) is 0 Å². The summed E-state index contributed by atoms with van der Waals surface area (Å²) in [5.74, 6) is 1.02. The summed E-state index contributed by atoms with van der Waals surface area (Å²) in [6.07, 6.45) is 1.17. The lowest BCUT2D eigenvalue weighted by Crippen LogP contribution is -2.45. The third-order valence-electron chi connectivity index (χ3n) is 3.09. The number of nitrogens with one attached hydrogen (secondary N) is 1. The Morgan fingerprint density at radius 3 is 2.94 bits per heavy atom. The minimum atomic E-state index is 0.193. The van der Waals surface area contributed by atoms with Crippen LogP contribution in [0.1, 0.15) is 19.4 Å². The Bertz CT molecular complexity index is 329. The van der Waals surface area contributed by atoms with E-state index in [4.69, 9.17) is 9.47 Å². The fourth-order valence-corrected chi connectivity index (χ4v) is 2.24. The molecule has 2 unspecified atom stereocenters. The minimum absolute atomic E-state index is 0.193. The van der Waals surface area contributed by atoms with E-state index in [0.717, 1.165) is 25.3 Å². The molecule has 1 N–H and O–H groups in total. The van der Waals surface area contributed by atoms with Crippen LogP contribution in [0.4, 0.5) is 0 Å². The molecule has 2 rings (SSSR count). The molecule has 1 aliphatic heterocycles. The Kier molecular flexibility index (Phi) is 4.40. The molecule has 3 heteroatoms. The zero-order valence-electron chi connectivity index (χ0n) is 10.6. The molecule has 1 aliphatic rings. The zero-order chi connectivity index (χ0) is 12.1. The van der Waals surface area contributed by atoms with Crippen molar-refractivity contribution in [2.75, 3.05) is 19.8 Å². The monoisotopic (exact) mass is 235 g/mol. The second-order valence-electron chi connectivity index (χ2n) is 4.29. The second kappa shape index (κ2) is 6.03. The van der Waals surface area contributed by atoms with Crippen LogP contribution < -0.4 is 10.1 Å². The first-order valence-electron chi connectivity index (χ1n) is 6.40. The highest BCUT2D eigenvalue weighted by Gasteiger charge is 2.29. The van der Waals surface area contributed by atoms with E-state index in [0.29, 0.717) is 6.61 Å². The maximum Gasteiger partial charge on any atom is 0.123 e. The third-order valence-corrected chi connectivity index (χ3v) is 3.09. The van der Waals surface area contributed by atoms with Gasteiger partial charge in [0.05, 0.1) is 12.6 Å². The number of benzene rings is 1. The predicted molar refractivity (Wildman–Crippen MR) is 68.5 cm³/mol. The summed E-state index contributed by atoms with van der Waals surface area (Å²) < 4.78 is 11.5. The van der Waals surface area contributed by atoms with Crippen LogP contribution in [-0.4, -0.2) is 31.9 Å². The molecular formula is C14H21NO2. The van der Waals surface area contributed by atoms with Crippen LogP contribution in [0, 0.1) is 0 Å². The summed E-state index contributed by atoms with van der Waals surface area (Å²) in [6.45, 7) is 6.53. The lowest BCUT2D eigenvalue weighted by molar-refractivity contribution is 0.0748. The molecule has 1 aromatic rings. The Labute approximate surface area is 103 Å². The summed E-state index contributed by atoms with van der Waals surface area (Å²) in [4.78, 5) is 0. The van der Waals surface area contributed by atoms with E-state index >= 15 is 0 Å². The Morgan fingerprint density at radius 1 is 1.41 bits per heavy atom. The molecule has 0 amide bonds. The van der Waals surface area contributed by atoms with Crippen molar-refractivity contribution in [3.8, 4) is 5.75 Å². The first-order valence-corrected chi connectivity index (χ1v) is 6.40. The highest BCUT2D eigenvalue weighted by molar-refractivity contribution is 5.37. The van der Waals surface area contributed by atoms with Gasteiger partial charge in [0.1, 0.15) is 11.9 Å². The van der Waals surface area contributed by atoms with Crippen LogP contribution in [0.2, 0.25) is 0 Å². The van der Waals surface area contributed by atoms with Crippen molar-refractivity contribution in [3.05, 3.63) is 29.8 Å². The molecule has 0 spiro atoms. The van der Waals surface area contributed by atoms with Gasteiger partial charge in [-0.05, 0) is 25.1 Å². The first-order chi connectivity index (χ1) is 8.35. The number of likely N-dealkylation sites (N-methyl/N-ethyl adjacent to an activating group) is 1. The van der Waals surface area contributed by atoms with Crippen LogP contribution in [0.3, 0.4) is 0 Å². The molecule has 0 saturated carbocycles. The maximum atomic E-state index is 5.98. The van der Waals surface area contributed by atoms with Crippen LogP contribution in [0.15, 0.2) is 24.3 Å². The maximum absolute atomic E-state index is 5.98. The van der Waals surface area contributed by atoms with Gasteiger partial charge in [-0.3, -0.25) is 0 Å². The lowest BCUT2D eigenvalue weighted by Gasteiger charge is -2.23. The largest absolute Gasteiger partial charge is 0.488 e. The quantitative estimate of drug-likeness (QED) is 0.818.